The number of rotatable bonds is 4. The zero-order valence-electron chi connectivity index (χ0n) is 12.6. The van der Waals surface area contributed by atoms with Crippen LogP contribution in [0.2, 0.25) is 0 Å². The lowest BCUT2D eigenvalue weighted by Gasteiger charge is -2.18. The lowest BCUT2D eigenvalue weighted by atomic mass is 10.1. The van der Waals surface area contributed by atoms with Crippen molar-refractivity contribution in [1.29, 1.82) is 0 Å². The number of carbonyl (C=O) groups is 2. The number of carbonyl (C=O) groups excluding carboxylic acids is 2. The quantitative estimate of drug-likeness (QED) is 0.861. The zero-order chi connectivity index (χ0) is 15.1. The Bertz CT molecular complexity index is 608. The summed E-state index contributed by atoms with van der Waals surface area (Å²) in [6.45, 7) is 3.93. The minimum Gasteiger partial charge on any atom is -0.496 e. The van der Waals surface area contributed by atoms with Crippen LogP contribution in [0.25, 0.3) is 0 Å². The maximum Gasteiger partial charge on any atom is 0.252 e. The molecule has 2 fully saturated rings. The summed E-state index contributed by atoms with van der Waals surface area (Å²) in [4.78, 5) is 25.8. The molecule has 0 unspecified atom stereocenters. The highest BCUT2D eigenvalue weighted by molar-refractivity contribution is 6.07. The summed E-state index contributed by atoms with van der Waals surface area (Å²) < 4.78 is 5.40. The van der Waals surface area contributed by atoms with Crippen molar-refractivity contribution >= 4 is 17.5 Å². The fraction of sp³-hybridized carbons (Fsp3) is 0.500. The lowest BCUT2D eigenvalue weighted by molar-refractivity contribution is -0.139. The van der Waals surface area contributed by atoms with Crippen molar-refractivity contribution in [2.75, 3.05) is 12.4 Å². The van der Waals surface area contributed by atoms with Crippen molar-refractivity contribution in [3.8, 4) is 5.75 Å². The standard InChI is InChI=1S/C16H20N2O3/c1-9-4-7-12(10(2)15(9)21-3)17-13-8-14(19)18(16(13)20)11-5-6-11/h4,7,11,13,17H,5-6,8H2,1-3H3/t13-/m0/s1. The Morgan fingerprint density at radius 1 is 1.24 bits per heavy atom. The van der Waals surface area contributed by atoms with Gasteiger partial charge in [-0.25, -0.2) is 0 Å². The molecular weight excluding hydrogens is 268 g/mol. The van der Waals surface area contributed by atoms with E-state index in [1.165, 1.54) is 4.90 Å². The van der Waals surface area contributed by atoms with E-state index in [4.69, 9.17) is 4.74 Å². The van der Waals surface area contributed by atoms with Gasteiger partial charge in [0.05, 0.1) is 13.5 Å². The molecule has 3 rings (SSSR count). The van der Waals surface area contributed by atoms with E-state index in [0.29, 0.717) is 0 Å². The highest BCUT2D eigenvalue weighted by atomic mass is 16.5. The first-order valence-electron chi connectivity index (χ1n) is 7.29. The van der Waals surface area contributed by atoms with Crippen molar-refractivity contribution in [3.05, 3.63) is 23.3 Å². The maximum absolute atomic E-state index is 12.3. The van der Waals surface area contributed by atoms with Crippen LogP contribution in [0.4, 0.5) is 5.69 Å². The Morgan fingerprint density at radius 2 is 1.95 bits per heavy atom. The molecular formula is C16H20N2O3. The molecule has 5 heteroatoms. The van der Waals surface area contributed by atoms with E-state index in [1.807, 2.05) is 26.0 Å². The van der Waals surface area contributed by atoms with Crippen LogP contribution in [0.1, 0.15) is 30.4 Å². The number of imide groups is 1. The summed E-state index contributed by atoms with van der Waals surface area (Å²) in [5.74, 6) is 0.661. The molecule has 1 atom stereocenters. The van der Waals surface area contributed by atoms with E-state index in [1.54, 1.807) is 7.11 Å². The number of methoxy groups -OCH3 is 1. The number of nitrogens with one attached hydrogen (secondary N) is 1. The summed E-state index contributed by atoms with van der Waals surface area (Å²) in [5, 5.41) is 3.21. The van der Waals surface area contributed by atoms with Crippen molar-refractivity contribution < 1.29 is 14.3 Å². The normalized spacial score (nSPS) is 21.9. The summed E-state index contributed by atoms with van der Waals surface area (Å²) in [6.07, 6.45) is 2.13. The van der Waals surface area contributed by atoms with Gasteiger partial charge < -0.3 is 10.1 Å². The summed E-state index contributed by atoms with van der Waals surface area (Å²) in [6, 6.07) is 3.58. The van der Waals surface area contributed by atoms with Crippen molar-refractivity contribution in [3.63, 3.8) is 0 Å². The molecule has 1 N–H and O–H groups in total. The summed E-state index contributed by atoms with van der Waals surface area (Å²) >= 11 is 0. The molecule has 1 aromatic carbocycles. The highest BCUT2D eigenvalue weighted by Gasteiger charge is 2.46. The van der Waals surface area contributed by atoms with Crippen LogP contribution in [0.5, 0.6) is 5.75 Å². The Hall–Kier alpha value is -2.04. The largest absolute Gasteiger partial charge is 0.496 e. The minimum atomic E-state index is -0.454. The fourth-order valence-electron chi connectivity index (χ4n) is 2.97. The highest BCUT2D eigenvalue weighted by Crippen LogP contribution is 2.34. The predicted octanol–water partition coefficient (Wildman–Crippen LogP) is 2.01. The average molecular weight is 288 g/mol. The number of likely N-dealkylation sites (tertiary alicyclic amines) is 1. The molecule has 21 heavy (non-hydrogen) atoms. The van der Waals surface area contributed by atoms with Gasteiger partial charge in [0.1, 0.15) is 11.8 Å². The van der Waals surface area contributed by atoms with Gasteiger partial charge in [0.25, 0.3) is 5.91 Å². The summed E-state index contributed by atoms with van der Waals surface area (Å²) in [7, 11) is 1.64. The third-order valence-corrected chi connectivity index (χ3v) is 4.23. The molecule has 0 radical (unpaired) electrons. The molecule has 2 amide bonds. The Kier molecular flexibility index (Phi) is 3.35. The third-order valence-electron chi connectivity index (χ3n) is 4.23. The molecule has 2 aliphatic rings. The number of hydrogen-bond donors (Lipinski definition) is 1. The van der Waals surface area contributed by atoms with Crippen LogP contribution in [0.3, 0.4) is 0 Å². The first kappa shape index (κ1) is 13.9. The van der Waals surface area contributed by atoms with Crippen LogP contribution in [-0.4, -0.2) is 35.9 Å². The van der Waals surface area contributed by atoms with E-state index in [-0.39, 0.29) is 24.3 Å². The Labute approximate surface area is 124 Å². The van der Waals surface area contributed by atoms with Crippen molar-refractivity contribution in [2.45, 2.75) is 45.2 Å². The molecule has 0 spiro atoms. The molecule has 1 saturated carbocycles. The predicted molar refractivity (Wildman–Crippen MR) is 79.4 cm³/mol. The number of aryl methyl sites for hydroxylation is 1. The molecule has 1 saturated heterocycles. The van der Waals surface area contributed by atoms with Gasteiger partial charge in [-0.1, -0.05) is 6.07 Å². The monoisotopic (exact) mass is 288 g/mol. The molecule has 1 heterocycles. The van der Waals surface area contributed by atoms with Gasteiger partial charge in [-0.3, -0.25) is 14.5 Å². The van der Waals surface area contributed by atoms with E-state index in [0.717, 1.165) is 35.4 Å². The van der Waals surface area contributed by atoms with Gasteiger partial charge in [-0.15, -0.1) is 0 Å². The number of nitrogens with zero attached hydrogens (tertiary/aromatic N) is 1. The SMILES string of the molecule is COc1c(C)ccc(N[C@H]2CC(=O)N(C3CC3)C2=O)c1C. The zero-order valence-corrected chi connectivity index (χ0v) is 12.6. The topological polar surface area (TPSA) is 58.6 Å². The fourth-order valence-corrected chi connectivity index (χ4v) is 2.97. The van der Waals surface area contributed by atoms with Crippen LogP contribution < -0.4 is 10.1 Å². The third kappa shape index (κ3) is 2.37. The van der Waals surface area contributed by atoms with Crippen molar-refractivity contribution in [2.24, 2.45) is 0 Å². The van der Waals surface area contributed by atoms with Gasteiger partial charge in [-0.05, 0) is 38.3 Å². The van der Waals surface area contributed by atoms with E-state index in [2.05, 4.69) is 5.32 Å². The second-order valence-corrected chi connectivity index (χ2v) is 5.82. The number of benzene rings is 1. The van der Waals surface area contributed by atoms with Crippen LogP contribution in [-0.2, 0) is 9.59 Å². The Morgan fingerprint density at radius 3 is 2.57 bits per heavy atom. The molecule has 112 valence electrons. The van der Waals surface area contributed by atoms with Gasteiger partial charge in [-0.2, -0.15) is 0 Å². The molecule has 5 nitrogen and oxygen atoms in total. The van der Waals surface area contributed by atoms with E-state index >= 15 is 0 Å². The van der Waals surface area contributed by atoms with Gasteiger partial charge in [0.15, 0.2) is 0 Å². The van der Waals surface area contributed by atoms with Crippen LogP contribution in [0.15, 0.2) is 12.1 Å². The molecule has 1 aliphatic heterocycles. The lowest BCUT2D eigenvalue weighted by Crippen LogP contribution is -2.36. The Balaban J connectivity index is 1.81. The average Bonchev–Trinajstić information content (AvgIpc) is 3.22. The van der Waals surface area contributed by atoms with Gasteiger partial charge in [0, 0.05) is 17.3 Å². The first-order valence-corrected chi connectivity index (χ1v) is 7.29. The molecule has 1 aromatic rings. The van der Waals surface area contributed by atoms with Crippen LogP contribution >= 0.6 is 0 Å². The maximum atomic E-state index is 12.3. The molecule has 1 aliphatic carbocycles. The number of hydrogen-bond acceptors (Lipinski definition) is 4. The number of ether oxygens (including phenoxy) is 1. The number of amides is 2. The van der Waals surface area contributed by atoms with Crippen LogP contribution in [0, 0.1) is 13.8 Å². The van der Waals surface area contributed by atoms with E-state index in [9.17, 15) is 9.59 Å². The smallest absolute Gasteiger partial charge is 0.252 e. The first-order chi connectivity index (χ1) is 10.0. The second kappa shape index (κ2) is 5.06. The molecule has 0 bridgehead atoms. The van der Waals surface area contributed by atoms with Gasteiger partial charge >= 0.3 is 0 Å². The summed E-state index contributed by atoms with van der Waals surface area (Å²) in [5.41, 5.74) is 2.86. The minimum absolute atomic E-state index is 0.0586. The second-order valence-electron chi connectivity index (χ2n) is 5.82. The molecule has 0 aromatic heterocycles. The van der Waals surface area contributed by atoms with Crippen molar-refractivity contribution in [1.82, 2.24) is 4.90 Å². The van der Waals surface area contributed by atoms with E-state index < -0.39 is 6.04 Å². The van der Waals surface area contributed by atoms with Gasteiger partial charge in [0.2, 0.25) is 5.91 Å². The number of anilines is 1.